The molecule has 7 nitrogen and oxygen atoms in total. The fourth-order valence-corrected chi connectivity index (χ4v) is 4.91. The summed E-state index contributed by atoms with van der Waals surface area (Å²) in [6.45, 7) is 0.380. The summed E-state index contributed by atoms with van der Waals surface area (Å²) in [7, 11) is 1.72. The van der Waals surface area contributed by atoms with Gasteiger partial charge in [-0.2, -0.15) is 4.99 Å². The fourth-order valence-electron chi connectivity index (χ4n) is 4.04. The second-order valence-corrected chi connectivity index (χ2v) is 9.73. The van der Waals surface area contributed by atoms with Gasteiger partial charge < -0.3 is 19.0 Å². The molecule has 0 fully saturated rings. The van der Waals surface area contributed by atoms with Crippen LogP contribution in [0.1, 0.15) is 16.7 Å². The normalized spacial score (nSPS) is 13.7. The average molecular weight is 506 g/mol. The molecule has 0 saturated heterocycles. The molecule has 1 aromatic carbocycles. The van der Waals surface area contributed by atoms with Crippen LogP contribution in [0.25, 0.3) is 11.1 Å². The van der Waals surface area contributed by atoms with Crippen molar-refractivity contribution in [2.24, 2.45) is 12.0 Å². The first kappa shape index (κ1) is 22.9. The Morgan fingerprint density at radius 2 is 2.09 bits per heavy atom. The molecule has 1 aliphatic rings. The molecule has 1 aliphatic carbocycles. The Kier molecular flexibility index (Phi) is 6.15. The van der Waals surface area contributed by atoms with Crippen LogP contribution in [0.2, 0.25) is 4.34 Å². The van der Waals surface area contributed by atoms with E-state index in [2.05, 4.69) is 4.99 Å². The number of aromatic nitrogens is 2. The van der Waals surface area contributed by atoms with Crippen molar-refractivity contribution < 1.29 is 14.6 Å². The summed E-state index contributed by atoms with van der Waals surface area (Å²) in [5.74, 6) is 0.0103. The van der Waals surface area contributed by atoms with Gasteiger partial charge in [0.25, 0.3) is 5.56 Å². The minimum Gasteiger partial charge on any atom is -0.494 e. The van der Waals surface area contributed by atoms with E-state index in [0.29, 0.717) is 39.2 Å². The highest BCUT2D eigenvalue weighted by Gasteiger charge is 2.22. The number of allylic oxidation sites excluding steroid dienone is 2. The summed E-state index contributed by atoms with van der Waals surface area (Å²) in [6.07, 6.45) is 6.96. The number of carbonyl (C=O) groups excluding carboxylic acids is 1. The number of amides is 1. The van der Waals surface area contributed by atoms with E-state index in [4.69, 9.17) is 16.3 Å². The summed E-state index contributed by atoms with van der Waals surface area (Å²) in [6, 6.07) is 14.5. The summed E-state index contributed by atoms with van der Waals surface area (Å²) in [5, 5.41) is 11.4. The molecule has 35 heavy (non-hydrogen) atoms. The number of hydrogen-bond acceptors (Lipinski definition) is 5. The summed E-state index contributed by atoms with van der Waals surface area (Å²) in [4.78, 5) is 28.9. The van der Waals surface area contributed by atoms with Gasteiger partial charge in [0.2, 0.25) is 5.88 Å². The lowest BCUT2D eigenvalue weighted by Gasteiger charge is -2.10. The molecule has 9 heteroatoms. The number of carbonyl (C=O) groups is 1. The van der Waals surface area contributed by atoms with Crippen molar-refractivity contribution in [1.82, 2.24) is 9.13 Å². The van der Waals surface area contributed by atoms with Gasteiger partial charge in [-0.05, 0) is 59.5 Å². The second-order valence-electron chi connectivity index (χ2n) is 8.05. The molecule has 0 atom stereocenters. The molecule has 0 saturated carbocycles. The van der Waals surface area contributed by atoms with Gasteiger partial charge in [-0.1, -0.05) is 47.2 Å². The van der Waals surface area contributed by atoms with Crippen molar-refractivity contribution in [2.75, 3.05) is 0 Å². The van der Waals surface area contributed by atoms with E-state index >= 15 is 0 Å². The number of aryl methyl sites for hydroxylation is 1. The van der Waals surface area contributed by atoms with Crippen molar-refractivity contribution >= 4 is 34.7 Å². The zero-order valence-corrected chi connectivity index (χ0v) is 20.2. The third kappa shape index (κ3) is 4.71. The van der Waals surface area contributed by atoms with Crippen molar-refractivity contribution in [3.63, 3.8) is 0 Å². The van der Waals surface area contributed by atoms with Gasteiger partial charge in [0, 0.05) is 25.0 Å². The Labute approximate surface area is 209 Å². The minimum absolute atomic E-state index is 0.0103. The fraction of sp³-hybridized carbons (Fsp3) is 0.115. The van der Waals surface area contributed by atoms with E-state index in [0.717, 1.165) is 28.0 Å². The standard InChI is InChI=1S/C26H20ClN3O4S/c1-29-12-4-8-19(24(29)31)17-6-2-5-16(13-17)14-30-15-18-7-3-9-20(23(18)25(30)32)28-26(33)34-22-11-10-21(27)35-22/h2-6,8-13,15,32H,7,14H2,1H3. The van der Waals surface area contributed by atoms with Crippen LogP contribution in [0.3, 0.4) is 0 Å². The smallest absolute Gasteiger partial charge is 0.440 e. The number of thiophene rings is 1. The predicted octanol–water partition coefficient (Wildman–Crippen LogP) is 5.42. The highest BCUT2D eigenvalue weighted by Crippen LogP contribution is 2.31. The molecule has 0 unspecified atom stereocenters. The molecule has 0 radical (unpaired) electrons. The number of halogens is 1. The number of hydrogen-bond donors (Lipinski definition) is 1. The first-order valence-electron chi connectivity index (χ1n) is 10.8. The van der Waals surface area contributed by atoms with Gasteiger partial charge in [-0.3, -0.25) is 4.79 Å². The number of fused-ring (bicyclic) bond motifs is 1. The number of pyridine rings is 1. The SMILES string of the molecule is Cn1cccc(-c2cccc(Cn3cc4c(c3O)C(=NC(=O)Oc3ccc(Cl)s3)C=CC4)c2)c1=O. The van der Waals surface area contributed by atoms with Gasteiger partial charge in [0.15, 0.2) is 5.06 Å². The second kappa shape index (κ2) is 9.40. The maximum absolute atomic E-state index is 12.5. The molecule has 0 spiro atoms. The number of aromatic hydroxyl groups is 1. The molecule has 3 heterocycles. The third-order valence-electron chi connectivity index (χ3n) is 5.66. The largest absolute Gasteiger partial charge is 0.494 e. The van der Waals surface area contributed by atoms with Crippen LogP contribution in [0.4, 0.5) is 4.79 Å². The number of benzene rings is 1. The van der Waals surface area contributed by atoms with E-state index in [1.165, 1.54) is 0 Å². The van der Waals surface area contributed by atoms with E-state index in [-0.39, 0.29) is 11.4 Å². The van der Waals surface area contributed by atoms with Gasteiger partial charge in [0.1, 0.15) is 0 Å². The molecular weight excluding hydrogens is 486 g/mol. The third-order valence-corrected chi connectivity index (χ3v) is 6.77. The monoisotopic (exact) mass is 505 g/mol. The summed E-state index contributed by atoms with van der Waals surface area (Å²) >= 11 is 7.01. The molecule has 1 amide bonds. The average Bonchev–Trinajstić information content (AvgIpc) is 3.38. The molecule has 1 N–H and O–H groups in total. The minimum atomic E-state index is -0.791. The van der Waals surface area contributed by atoms with Crippen LogP contribution in [0.15, 0.2) is 82.9 Å². The predicted molar refractivity (Wildman–Crippen MR) is 137 cm³/mol. The summed E-state index contributed by atoms with van der Waals surface area (Å²) in [5.41, 5.74) is 3.93. The molecule has 5 rings (SSSR count). The molecule has 4 aromatic rings. The Bertz CT molecular complexity index is 1560. The van der Waals surface area contributed by atoms with E-state index in [1.807, 2.05) is 42.6 Å². The van der Waals surface area contributed by atoms with E-state index in [9.17, 15) is 14.7 Å². The zero-order valence-electron chi connectivity index (χ0n) is 18.6. The number of nitrogens with zero attached hydrogens (tertiary/aromatic N) is 3. The van der Waals surface area contributed by atoms with Crippen molar-refractivity contribution in [1.29, 1.82) is 0 Å². The number of ether oxygens (including phenoxy) is 1. The Balaban J connectivity index is 1.42. The molecule has 176 valence electrons. The van der Waals surface area contributed by atoms with Gasteiger partial charge in [-0.25, -0.2) is 4.79 Å². The van der Waals surface area contributed by atoms with Crippen LogP contribution in [0, 0.1) is 0 Å². The number of rotatable bonds is 4. The van der Waals surface area contributed by atoms with Crippen molar-refractivity contribution in [3.8, 4) is 22.1 Å². The molecule has 3 aromatic heterocycles. The van der Waals surface area contributed by atoms with Gasteiger partial charge in [0.05, 0.1) is 22.2 Å². The van der Waals surface area contributed by atoms with Crippen LogP contribution in [-0.4, -0.2) is 26.0 Å². The lowest BCUT2D eigenvalue weighted by Crippen LogP contribution is -2.17. The lowest BCUT2D eigenvalue weighted by atomic mass is 10.00. The van der Waals surface area contributed by atoms with E-state index < -0.39 is 6.09 Å². The maximum atomic E-state index is 12.5. The highest BCUT2D eigenvalue weighted by molar-refractivity contribution is 7.17. The quantitative estimate of drug-likeness (QED) is 0.401. The van der Waals surface area contributed by atoms with Gasteiger partial charge in [-0.15, -0.1) is 0 Å². The Morgan fingerprint density at radius 3 is 2.89 bits per heavy atom. The topological polar surface area (TPSA) is 85.8 Å². The number of aliphatic imine (C=N–C) groups is 1. The summed E-state index contributed by atoms with van der Waals surface area (Å²) < 4.78 is 8.98. The zero-order chi connectivity index (χ0) is 24.5. The maximum Gasteiger partial charge on any atom is 0.440 e. The Morgan fingerprint density at radius 1 is 1.23 bits per heavy atom. The molecular formula is C26H20ClN3O4S. The van der Waals surface area contributed by atoms with Crippen LogP contribution in [0.5, 0.6) is 10.9 Å². The van der Waals surface area contributed by atoms with Crippen molar-refractivity contribution in [2.45, 2.75) is 13.0 Å². The Hall–Kier alpha value is -3.88. The highest BCUT2D eigenvalue weighted by atomic mass is 35.5. The van der Waals surface area contributed by atoms with Crippen LogP contribution in [-0.2, 0) is 20.0 Å². The van der Waals surface area contributed by atoms with Gasteiger partial charge >= 0.3 is 6.09 Å². The van der Waals surface area contributed by atoms with Crippen LogP contribution < -0.4 is 10.3 Å². The first-order valence-corrected chi connectivity index (χ1v) is 12.0. The van der Waals surface area contributed by atoms with Crippen molar-refractivity contribution in [3.05, 3.63) is 104 Å². The van der Waals surface area contributed by atoms with E-state index in [1.54, 1.807) is 46.7 Å². The first-order chi connectivity index (χ1) is 16.9. The molecule has 0 bridgehead atoms. The molecule has 0 aliphatic heterocycles. The van der Waals surface area contributed by atoms with Crippen LogP contribution >= 0.6 is 22.9 Å². The lowest BCUT2D eigenvalue weighted by molar-refractivity contribution is 0.213.